The lowest BCUT2D eigenvalue weighted by molar-refractivity contribution is 0.590. The van der Waals surface area contributed by atoms with Crippen molar-refractivity contribution in [2.75, 3.05) is 5.73 Å². The maximum atomic E-state index is 5.59. The zero-order valence-electron chi connectivity index (χ0n) is 11.2. The molecule has 2 N–H and O–H groups in total. The molecule has 0 spiro atoms. The first kappa shape index (κ1) is 12.5. The van der Waals surface area contributed by atoms with Crippen molar-refractivity contribution in [1.82, 2.24) is 15.2 Å². The fraction of sp³-hybridized carbons (Fsp3) is 0.357. The van der Waals surface area contributed by atoms with E-state index in [-0.39, 0.29) is 11.4 Å². The number of rotatable bonds is 1. The predicted molar refractivity (Wildman–Crippen MR) is 73.1 cm³/mol. The van der Waals surface area contributed by atoms with Gasteiger partial charge in [0, 0.05) is 5.56 Å². The minimum Gasteiger partial charge on any atom is -0.366 e. The van der Waals surface area contributed by atoms with Gasteiger partial charge in [0.2, 0.25) is 5.95 Å². The molecular weight excluding hydrogens is 224 g/mol. The van der Waals surface area contributed by atoms with Gasteiger partial charge in [0.15, 0.2) is 0 Å². The zero-order chi connectivity index (χ0) is 13.3. The van der Waals surface area contributed by atoms with E-state index in [1.807, 2.05) is 0 Å². The Hall–Kier alpha value is -1.97. The number of benzene rings is 1. The second-order valence-electron chi connectivity index (χ2n) is 5.48. The van der Waals surface area contributed by atoms with Crippen molar-refractivity contribution in [3.63, 3.8) is 0 Å². The maximum Gasteiger partial charge on any atom is 0.240 e. The van der Waals surface area contributed by atoms with Crippen molar-refractivity contribution in [1.29, 1.82) is 0 Å². The van der Waals surface area contributed by atoms with Crippen LogP contribution in [0.4, 0.5) is 5.95 Å². The minimum absolute atomic E-state index is 0.106. The second kappa shape index (κ2) is 4.37. The smallest absolute Gasteiger partial charge is 0.240 e. The van der Waals surface area contributed by atoms with Crippen LogP contribution in [0, 0.1) is 6.92 Å². The Bertz CT molecular complexity index is 570. The van der Waals surface area contributed by atoms with Crippen LogP contribution in [0.2, 0.25) is 0 Å². The molecule has 94 valence electrons. The molecular formula is C14H18N4. The topological polar surface area (TPSA) is 64.7 Å². The molecule has 0 bridgehead atoms. The summed E-state index contributed by atoms with van der Waals surface area (Å²) in [6.45, 7) is 8.62. The fourth-order valence-electron chi connectivity index (χ4n) is 1.81. The highest BCUT2D eigenvalue weighted by atomic mass is 15.2. The quantitative estimate of drug-likeness (QED) is 0.835. The van der Waals surface area contributed by atoms with Crippen LogP contribution in [0.5, 0.6) is 0 Å². The normalized spacial score (nSPS) is 11.6. The Morgan fingerprint density at radius 1 is 1.17 bits per heavy atom. The van der Waals surface area contributed by atoms with Crippen molar-refractivity contribution in [3.8, 4) is 11.3 Å². The number of hydrogen-bond acceptors (Lipinski definition) is 4. The van der Waals surface area contributed by atoms with Crippen molar-refractivity contribution >= 4 is 5.95 Å². The first-order valence-corrected chi connectivity index (χ1v) is 5.94. The summed E-state index contributed by atoms with van der Waals surface area (Å²) in [7, 11) is 0. The molecule has 0 saturated carbocycles. The predicted octanol–water partition coefficient (Wildman–Crippen LogP) is 2.73. The minimum atomic E-state index is 0.106. The molecule has 4 heteroatoms. The fourth-order valence-corrected chi connectivity index (χ4v) is 1.81. The number of aryl methyl sites for hydroxylation is 1. The first-order valence-electron chi connectivity index (χ1n) is 5.94. The second-order valence-corrected chi connectivity index (χ2v) is 5.48. The number of nitrogens with two attached hydrogens (primary N) is 1. The van der Waals surface area contributed by atoms with Crippen LogP contribution in [-0.4, -0.2) is 15.2 Å². The van der Waals surface area contributed by atoms with Gasteiger partial charge >= 0.3 is 0 Å². The van der Waals surface area contributed by atoms with Crippen molar-refractivity contribution in [3.05, 3.63) is 35.5 Å². The summed E-state index contributed by atoms with van der Waals surface area (Å²) in [6.07, 6.45) is 1.64. The Labute approximate surface area is 107 Å². The van der Waals surface area contributed by atoms with E-state index in [1.54, 1.807) is 6.20 Å². The molecule has 0 aliphatic rings. The molecule has 2 aromatic rings. The first-order chi connectivity index (χ1) is 8.38. The molecule has 0 amide bonds. The summed E-state index contributed by atoms with van der Waals surface area (Å²) in [5.74, 6) is 0.202. The van der Waals surface area contributed by atoms with E-state index < -0.39 is 0 Å². The van der Waals surface area contributed by atoms with Crippen LogP contribution < -0.4 is 5.73 Å². The summed E-state index contributed by atoms with van der Waals surface area (Å²) >= 11 is 0. The third-order valence-corrected chi connectivity index (χ3v) is 2.95. The number of nitrogen functional groups attached to an aromatic ring is 1. The van der Waals surface area contributed by atoms with E-state index in [4.69, 9.17) is 5.73 Å². The van der Waals surface area contributed by atoms with Crippen LogP contribution in [0.25, 0.3) is 11.3 Å². The van der Waals surface area contributed by atoms with Gasteiger partial charge in [-0.25, -0.2) is 4.98 Å². The molecule has 0 fully saturated rings. The Kier molecular flexibility index (Phi) is 3.03. The number of anilines is 1. The number of nitrogens with zero attached hydrogens (tertiary/aromatic N) is 3. The van der Waals surface area contributed by atoms with Gasteiger partial charge in [0.1, 0.15) is 0 Å². The number of aromatic nitrogens is 3. The van der Waals surface area contributed by atoms with Crippen molar-refractivity contribution in [2.45, 2.75) is 33.1 Å². The van der Waals surface area contributed by atoms with E-state index in [0.717, 1.165) is 16.8 Å². The summed E-state index contributed by atoms with van der Waals surface area (Å²) in [5.41, 5.74) is 9.94. The van der Waals surface area contributed by atoms with Crippen LogP contribution in [0.1, 0.15) is 31.9 Å². The van der Waals surface area contributed by atoms with E-state index in [2.05, 4.69) is 61.1 Å². The molecule has 1 aromatic heterocycles. The summed E-state index contributed by atoms with van der Waals surface area (Å²) < 4.78 is 0. The van der Waals surface area contributed by atoms with E-state index >= 15 is 0 Å². The van der Waals surface area contributed by atoms with Crippen molar-refractivity contribution in [2.24, 2.45) is 0 Å². The van der Waals surface area contributed by atoms with Crippen molar-refractivity contribution < 1.29 is 0 Å². The lowest BCUT2D eigenvalue weighted by Gasteiger charge is -2.20. The third kappa shape index (κ3) is 2.47. The van der Waals surface area contributed by atoms with Crippen LogP contribution in [0.3, 0.4) is 0 Å². The maximum absolute atomic E-state index is 5.59. The molecule has 0 aliphatic heterocycles. The van der Waals surface area contributed by atoms with Crippen LogP contribution in [0.15, 0.2) is 24.4 Å². The molecule has 18 heavy (non-hydrogen) atoms. The van der Waals surface area contributed by atoms with Gasteiger partial charge in [-0.1, -0.05) is 32.9 Å². The SMILES string of the molecule is Cc1ccc(C(C)(C)C)cc1-c1cnnc(N)n1. The Morgan fingerprint density at radius 2 is 1.89 bits per heavy atom. The molecule has 1 heterocycles. The molecule has 2 rings (SSSR count). The van der Waals surface area contributed by atoms with Gasteiger partial charge in [-0.3, -0.25) is 0 Å². The Balaban J connectivity index is 2.57. The molecule has 0 unspecified atom stereocenters. The van der Waals surface area contributed by atoms with Gasteiger partial charge < -0.3 is 5.73 Å². The molecule has 0 atom stereocenters. The Morgan fingerprint density at radius 3 is 2.50 bits per heavy atom. The van der Waals surface area contributed by atoms with Gasteiger partial charge in [-0.2, -0.15) is 5.10 Å². The largest absolute Gasteiger partial charge is 0.366 e. The van der Waals surface area contributed by atoms with Crippen LogP contribution >= 0.6 is 0 Å². The lowest BCUT2D eigenvalue weighted by Crippen LogP contribution is -2.11. The molecule has 1 aromatic carbocycles. The number of hydrogen-bond donors (Lipinski definition) is 1. The highest BCUT2D eigenvalue weighted by Gasteiger charge is 2.15. The molecule has 0 aliphatic carbocycles. The average molecular weight is 242 g/mol. The van der Waals surface area contributed by atoms with Gasteiger partial charge in [0.05, 0.1) is 11.9 Å². The van der Waals surface area contributed by atoms with Gasteiger partial charge in [-0.15, -0.1) is 5.10 Å². The standard InChI is InChI=1S/C14H18N4/c1-9-5-6-10(14(2,3)4)7-11(9)12-8-16-18-13(15)17-12/h5-8H,1-4H3,(H2,15,17,18). The third-order valence-electron chi connectivity index (χ3n) is 2.95. The average Bonchev–Trinajstić information content (AvgIpc) is 2.28. The zero-order valence-corrected chi connectivity index (χ0v) is 11.2. The van der Waals surface area contributed by atoms with Gasteiger partial charge in [0.25, 0.3) is 0 Å². The van der Waals surface area contributed by atoms with E-state index in [0.29, 0.717) is 0 Å². The summed E-state index contributed by atoms with van der Waals surface area (Å²) in [4.78, 5) is 4.23. The summed E-state index contributed by atoms with van der Waals surface area (Å²) in [6, 6.07) is 6.41. The van der Waals surface area contributed by atoms with E-state index in [1.165, 1.54) is 5.56 Å². The molecule has 0 radical (unpaired) electrons. The summed E-state index contributed by atoms with van der Waals surface area (Å²) in [5, 5.41) is 7.54. The van der Waals surface area contributed by atoms with Gasteiger partial charge in [-0.05, 0) is 29.5 Å². The molecule has 4 nitrogen and oxygen atoms in total. The lowest BCUT2D eigenvalue weighted by atomic mass is 9.85. The highest BCUT2D eigenvalue weighted by Crippen LogP contribution is 2.29. The molecule has 0 saturated heterocycles. The highest BCUT2D eigenvalue weighted by molar-refractivity contribution is 5.64. The van der Waals surface area contributed by atoms with Crippen LogP contribution in [-0.2, 0) is 5.41 Å². The monoisotopic (exact) mass is 242 g/mol. The van der Waals surface area contributed by atoms with E-state index in [9.17, 15) is 0 Å².